The topological polar surface area (TPSA) is 73.7 Å². The summed E-state index contributed by atoms with van der Waals surface area (Å²) in [6, 6.07) is 6.84. The maximum atomic E-state index is 10.1. The first-order valence-electron chi connectivity index (χ1n) is 6.15. The van der Waals surface area contributed by atoms with Crippen LogP contribution >= 0.6 is 11.6 Å². The van der Waals surface area contributed by atoms with E-state index in [4.69, 9.17) is 25.8 Å². The van der Waals surface area contributed by atoms with E-state index in [0.29, 0.717) is 16.7 Å². The van der Waals surface area contributed by atoms with Crippen LogP contribution in [-0.2, 0) is 0 Å². The first kappa shape index (κ1) is 15.3. The average Bonchev–Trinajstić information content (AvgIpc) is 2.53. The summed E-state index contributed by atoms with van der Waals surface area (Å²) >= 11 is 5.79. The number of rotatable bonds is 6. The second kappa shape index (κ2) is 7.10. The van der Waals surface area contributed by atoms with E-state index in [-0.39, 0.29) is 18.2 Å². The average molecular weight is 311 g/mol. The zero-order valence-electron chi connectivity index (χ0n) is 11.6. The van der Waals surface area contributed by atoms with E-state index < -0.39 is 6.10 Å². The van der Waals surface area contributed by atoms with Crippen LogP contribution in [0.1, 0.15) is 11.8 Å². The molecule has 2 rings (SSSR count). The molecule has 0 amide bonds. The Morgan fingerprint density at radius 3 is 2.52 bits per heavy atom. The van der Waals surface area contributed by atoms with Crippen molar-refractivity contribution in [1.82, 2.24) is 9.97 Å². The fraction of sp³-hybridized carbons (Fsp3) is 0.286. The highest BCUT2D eigenvalue weighted by Crippen LogP contribution is 2.24. The summed E-state index contributed by atoms with van der Waals surface area (Å²) in [4.78, 5) is 8.14. The van der Waals surface area contributed by atoms with Crippen LogP contribution in [0, 0.1) is 0 Å². The predicted molar refractivity (Wildman–Crippen MR) is 77.0 cm³/mol. The first-order chi connectivity index (χ1) is 10.1. The molecule has 0 aliphatic rings. The van der Waals surface area contributed by atoms with Crippen LogP contribution in [-0.4, -0.2) is 35.9 Å². The van der Waals surface area contributed by atoms with Gasteiger partial charge in [0.15, 0.2) is 0 Å². The molecular weight excluding hydrogens is 296 g/mol. The van der Waals surface area contributed by atoms with E-state index in [0.717, 1.165) is 0 Å². The fourth-order valence-electron chi connectivity index (χ4n) is 1.63. The molecule has 112 valence electrons. The summed E-state index contributed by atoms with van der Waals surface area (Å²) in [5.74, 6) is 1.10. The Balaban J connectivity index is 2.05. The van der Waals surface area contributed by atoms with E-state index in [1.165, 1.54) is 20.4 Å². The van der Waals surface area contributed by atoms with Crippen LogP contribution in [0.25, 0.3) is 0 Å². The van der Waals surface area contributed by atoms with Crippen LogP contribution in [0.15, 0.2) is 30.5 Å². The minimum absolute atomic E-state index is 0.0129. The number of hydrogen-bond donors (Lipinski definition) is 1. The Morgan fingerprint density at radius 1 is 1.19 bits per heavy atom. The zero-order chi connectivity index (χ0) is 15.2. The van der Waals surface area contributed by atoms with Crippen LogP contribution < -0.4 is 14.2 Å². The number of methoxy groups -OCH3 is 2. The van der Waals surface area contributed by atoms with Gasteiger partial charge in [0.25, 0.3) is 0 Å². The summed E-state index contributed by atoms with van der Waals surface area (Å²) in [6.07, 6.45) is 0.428. The molecule has 0 bridgehead atoms. The lowest BCUT2D eigenvalue weighted by Gasteiger charge is -2.14. The molecule has 1 aromatic heterocycles. The van der Waals surface area contributed by atoms with Crippen LogP contribution in [0.5, 0.6) is 17.5 Å². The smallest absolute Gasteiger partial charge is 0.241 e. The first-order valence-corrected chi connectivity index (χ1v) is 6.53. The number of aliphatic hydroxyl groups is 1. The van der Waals surface area contributed by atoms with E-state index in [1.54, 1.807) is 24.3 Å². The van der Waals surface area contributed by atoms with Gasteiger partial charge in [-0.25, -0.2) is 4.98 Å². The molecule has 6 nitrogen and oxygen atoms in total. The molecule has 0 saturated heterocycles. The quantitative estimate of drug-likeness (QED) is 0.882. The predicted octanol–water partition coefficient (Wildman–Crippen LogP) is 2.26. The molecule has 7 heteroatoms. The number of aliphatic hydroxyl groups excluding tert-OH is 1. The van der Waals surface area contributed by atoms with Gasteiger partial charge in [0.1, 0.15) is 24.2 Å². The molecule has 21 heavy (non-hydrogen) atoms. The highest BCUT2D eigenvalue weighted by molar-refractivity contribution is 6.30. The van der Waals surface area contributed by atoms with Gasteiger partial charge in [0.2, 0.25) is 11.8 Å². The minimum Gasteiger partial charge on any atom is -0.490 e. The van der Waals surface area contributed by atoms with Crippen LogP contribution in [0.4, 0.5) is 0 Å². The molecule has 1 N–H and O–H groups in total. The maximum absolute atomic E-state index is 10.1. The van der Waals surface area contributed by atoms with Crippen molar-refractivity contribution in [3.8, 4) is 17.5 Å². The third-order valence-corrected chi connectivity index (χ3v) is 2.94. The van der Waals surface area contributed by atoms with Crippen molar-refractivity contribution < 1.29 is 19.3 Å². The minimum atomic E-state index is -0.978. The number of halogens is 1. The number of aromatic nitrogens is 2. The van der Waals surface area contributed by atoms with Crippen molar-refractivity contribution in [2.45, 2.75) is 6.10 Å². The molecule has 0 aliphatic heterocycles. The normalized spacial score (nSPS) is 11.8. The van der Waals surface area contributed by atoms with Crippen LogP contribution in [0.2, 0.25) is 5.02 Å². The number of benzene rings is 1. The highest BCUT2D eigenvalue weighted by atomic mass is 35.5. The molecule has 0 radical (unpaired) electrons. The zero-order valence-corrected chi connectivity index (χ0v) is 12.4. The lowest BCUT2D eigenvalue weighted by molar-refractivity contribution is 0.101. The largest absolute Gasteiger partial charge is 0.490 e. The summed E-state index contributed by atoms with van der Waals surface area (Å²) in [5.41, 5.74) is 0.285. The van der Waals surface area contributed by atoms with Gasteiger partial charge in [-0.05, 0) is 24.3 Å². The Hall–Kier alpha value is -2.05. The summed E-state index contributed by atoms with van der Waals surface area (Å²) in [6.45, 7) is 0.0129. The summed E-state index contributed by atoms with van der Waals surface area (Å²) in [5, 5.41) is 10.8. The summed E-state index contributed by atoms with van der Waals surface area (Å²) < 4.78 is 15.5. The molecule has 0 fully saturated rings. The third-order valence-electron chi connectivity index (χ3n) is 2.68. The van der Waals surface area contributed by atoms with E-state index in [1.807, 2.05) is 0 Å². The molecule has 0 aliphatic carbocycles. The molecule has 1 atom stereocenters. The lowest BCUT2D eigenvalue weighted by Crippen LogP contribution is -2.13. The van der Waals surface area contributed by atoms with Gasteiger partial charge in [-0.15, -0.1) is 0 Å². The molecule has 0 saturated carbocycles. The van der Waals surface area contributed by atoms with Gasteiger partial charge < -0.3 is 19.3 Å². The number of hydrogen-bond acceptors (Lipinski definition) is 6. The molecule has 1 unspecified atom stereocenters. The molecule has 1 heterocycles. The van der Waals surface area contributed by atoms with Gasteiger partial charge in [0.05, 0.1) is 20.4 Å². The monoisotopic (exact) mass is 310 g/mol. The van der Waals surface area contributed by atoms with Gasteiger partial charge in [-0.2, -0.15) is 4.98 Å². The fourth-order valence-corrected chi connectivity index (χ4v) is 1.75. The standard InChI is InChI=1S/C14H15ClN2O4/c1-19-12-7-16-13(14(17-12)20-2)11(18)8-21-10-5-3-9(15)4-6-10/h3-7,11,18H,8H2,1-2H3. The molecule has 2 aromatic rings. The Labute approximate surface area is 127 Å². The third kappa shape index (κ3) is 3.96. The van der Waals surface area contributed by atoms with Crippen molar-refractivity contribution in [1.29, 1.82) is 0 Å². The van der Waals surface area contributed by atoms with Crippen LogP contribution in [0.3, 0.4) is 0 Å². The maximum Gasteiger partial charge on any atom is 0.241 e. The Morgan fingerprint density at radius 2 is 1.90 bits per heavy atom. The van der Waals surface area contributed by atoms with Crippen molar-refractivity contribution in [3.05, 3.63) is 41.2 Å². The van der Waals surface area contributed by atoms with E-state index in [9.17, 15) is 5.11 Å². The van der Waals surface area contributed by atoms with Gasteiger partial charge in [-0.1, -0.05) is 11.6 Å². The number of ether oxygens (including phenoxy) is 3. The van der Waals surface area contributed by atoms with Crippen molar-refractivity contribution in [3.63, 3.8) is 0 Å². The number of nitrogens with zero attached hydrogens (tertiary/aromatic N) is 2. The van der Waals surface area contributed by atoms with Gasteiger partial charge >= 0.3 is 0 Å². The van der Waals surface area contributed by atoms with E-state index in [2.05, 4.69) is 9.97 Å². The molecule has 1 aromatic carbocycles. The highest BCUT2D eigenvalue weighted by Gasteiger charge is 2.18. The summed E-state index contributed by atoms with van der Waals surface area (Å²) in [7, 11) is 2.92. The van der Waals surface area contributed by atoms with Crippen molar-refractivity contribution in [2.24, 2.45) is 0 Å². The second-order valence-corrected chi connectivity index (χ2v) is 4.52. The SMILES string of the molecule is COc1cnc(C(O)COc2ccc(Cl)cc2)c(OC)n1. The van der Waals surface area contributed by atoms with Crippen molar-refractivity contribution >= 4 is 11.6 Å². The van der Waals surface area contributed by atoms with E-state index >= 15 is 0 Å². The molecular formula is C14H15ClN2O4. The van der Waals surface area contributed by atoms with Gasteiger partial charge in [0, 0.05) is 5.02 Å². The Kier molecular flexibility index (Phi) is 5.19. The molecule has 0 spiro atoms. The lowest BCUT2D eigenvalue weighted by atomic mass is 10.2. The van der Waals surface area contributed by atoms with Crippen molar-refractivity contribution in [2.75, 3.05) is 20.8 Å². The Bertz CT molecular complexity index is 592. The second-order valence-electron chi connectivity index (χ2n) is 4.09. The van der Waals surface area contributed by atoms with Gasteiger partial charge in [-0.3, -0.25) is 0 Å².